The Morgan fingerprint density at radius 3 is 2.93 bits per heavy atom. The Labute approximate surface area is 86.5 Å². The topological polar surface area (TPSA) is 51.0 Å². The quantitative estimate of drug-likeness (QED) is 0.556. The number of anilines is 1. The zero-order valence-corrected chi connectivity index (χ0v) is 8.52. The standard InChI is InChI=1S/C10H10N2OS/c1-13-6-4-7-9(14)2-3-12-10(7)8(11)5-6/h2-5H,11H2,1H3,(H,12,14). The molecule has 1 aromatic carbocycles. The highest BCUT2D eigenvalue weighted by molar-refractivity contribution is 7.71. The van der Waals surface area contributed by atoms with E-state index in [1.54, 1.807) is 19.4 Å². The van der Waals surface area contributed by atoms with Crippen molar-refractivity contribution in [1.82, 2.24) is 4.98 Å². The summed E-state index contributed by atoms with van der Waals surface area (Å²) in [7, 11) is 1.61. The molecule has 2 rings (SSSR count). The molecule has 0 spiro atoms. The number of fused-ring (bicyclic) bond motifs is 1. The minimum absolute atomic E-state index is 0.644. The maximum Gasteiger partial charge on any atom is 0.121 e. The number of nitrogens with one attached hydrogen (secondary N) is 1. The van der Waals surface area contributed by atoms with E-state index in [2.05, 4.69) is 4.98 Å². The molecule has 0 aliphatic carbocycles. The molecule has 0 saturated heterocycles. The van der Waals surface area contributed by atoms with Crippen molar-refractivity contribution in [1.29, 1.82) is 0 Å². The fraction of sp³-hybridized carbons (Fsp3) is 0.100. The highest BCUT2D eigenvalue weighted by Crippen LogP contribution is 2.25. The fourth-order valence-electron chi connectivity index (χ4n) is 1.40. The summed E-state index contributed by atoms with van der Waals surface area (Å²) in [6.45, 7) is 0. The number of nitrogen functional groups attached to an aromatic ring is 1. The van der Waals surface area contributed by atoms with Gasteiger partial charge in [-0.25, -0.2) is 0 Å². The summed E-state index contributed by atoms with van der Waals surface area (Å²) in [5.41, 5.74) is 7.35. The predicted octanol–water partition coefficient (Wildman–Crippen LogP) is 2.49. The first-order valence-corrected chi connectivity index (χ1v) is 4.58. The Morgan fingerprint density at radius 1 is 1.43 bits per heavy atom. The third kappa shape index (κ3) is 1.33. The maximum atomic E-state index is 5.84. The van der Waals surface area contributed by atoms with Gasteiger partial charge in [-0.3, -0.25) is 0 Å². The number of hydrogen-bond donors (Lipinski definition) is 2. The van der Waals surface area contributed by atoms with Crippen LogP contribution in [0.4, 0.5) is 5.69 Å². The number of nitrogens with two attached hydrogens (primary N) is 1. The molecule has 0 aliphatic heterocycles. The molecule has 3 nitrogen and oxygen atoms in total. The third-order valence-corrected chi connectivity index (χ3v) is 2.46. The Kier molecular flexibility index (Phi) is 2.13. The first kappa shape index (κ1) is 9.02. The Morgan fingerprint density at radius 2 is 2.21 bits per heavy atom. The van der Waals surface area contributed by atoms with Crippen LogP contribution < -0.4 is 10.5 Å². The number of H-pyrrole nitrogens is 1. The van der Waals surface area contributed by atoms with Gasteiger partial charge in [0.25, 0.3) is 0 Å². The van der Waals surface area contributed by atoms with E-state index in [-0.39, 0.29) is 0 Å². The van der Waals surface area contributed by atoms with E-state index in [9.17, 15) is 0 Å². The highest BCUT2D eigenvalue weighted by Gasteiger charge is 2.02. The first-order chi connectivity index (χ1) is 6.72. The van der Waals surface area contributed by atoms with E-state index in [1.165, 1.54) is 0 Å². The summed E-state index contributed by atoms with van der Waals surface area (Å²) < 4.78 is 5.89. The maximum absolute atomic E-state index is 5.84. The second-order valence-electron chi connectivity index (χ2n) is 2.98. The van der Waals surface area contributed by atoms with Crippen LogP contribution in [0.15, 0.2) is 24.4 Å². The second-order valence-corrected chi connectivity index (χ2v) is 3.42. The van der Waals surface area contributed by atoms with Crippen molar-refractivity contribution < 1.29 is 4.74 Å². The van der Waals surface area contributed by atoms with Crippen molar-refractivity contribution in [2.24, 2.45) is 0 Å². The van der Waals surface area contributed by atoms with E-state index in [0.717, 1.165) is 21.2 Å². The summed E-state index contributed by atoms with van der Waals surface area (Å²) in [5.74, 6) is 0.723. The number of ether oxygens (including phenoxy) is 1. The number of aromatic amines is 1. The SMILES string of the molecule is COc1cc(N)c2[nH]ccc(=S)c2c1. The van der Waals surface area contributed by atoms with E-state index in [1.807, 2.05) is 12.1 Å². The van der Waals surface area contributed by atoms with Crippen LogP contribution in [0.2, 0.25) is 0 Å². The van der Waals surface area contributed by atoms with Crippen molar-refractivity contribution in [3.63, 3.8) is 0 Å². The molecule has 0 aliphatic rings. The first-order valence-electron chi connectivity index (χ1n) is 4.17. The molecule has 3 N–H and O–H groups in total. The predicted molar refractivity (Wildman–Crippen MR) is 60.1 cm³/mol. The number of methoxy groups -OCH3 is 1. The lowest BCUT2D eigenvalue weighted by Gasteiger charge is -2.05. The van der Waals surface area contributed by atoms with Crippen LogP contribution in [-0.2, 0) is 0 Å². The average Bonchev–Trinajstić information content (AvgIpc) is 2.19. The molecule has 14 heavy (non-hydrogen) atoms. The number of aromatic nitrogens is 1. The molecule has 0 amide bonds. The van der Waals surface area contributed by atoms with Gasteiger partial charge in [0.2, 0.25) is 0 Å². The zero-order chi connectivity index (χ0) is 10.1. The van der Waals surface area contributed by atoms with E-state index >= 15 is 0 Å². The molecule has 0 unspecified atom stereocenters. The number of hydrogen-bond acceptors (Lipinski definition) is 3. The Balaban J connectivity index is 2.91. The minimum atomic E-state index is 0.644. The summed E-state index contributed by atoms with van der Waals surface area (Å²) in [4.78, 5) is 3.06. The van der Waals surface area contributed by atoms with Crippen LogP contribution >= 0.6 is 12.2 Å². The Bertz CT molecular complexity index is 533. The molecule has 1 heterocycles. The van der Waals surface area contributed by atoms with Gasteiger partial charge in [0.1, 0.15) is 5.75 Å². The average molecular weight is 206 g/mol. The third-order valence-electron chi connectivity index (χ3n) is 2.11. The zero-order valence-electron chi connectivity index (χ0n) is 7.70. The van der Waals surface area contributed by atoms with Crippen LogP contribution in [0.3, 0.4) is 0 Å². The van der Waals surface area contributed by atoms with Gasteiger partial charge in [0, 0.05) is 22.2 Å². The van der Waals surface area contributed by atoms with Crippen LogP contribution in [0.25, 0.3) is 10.9 Å². The lowest BCUT2D eigenvalue weighted by atomic mass is 10.2. The molecular formula is C10H10N2OS. The van der Waals surface area contributed by atoms with Gasteiger partial charge in [0.15, 0.2) is 0 Å². The number of rotatable bonds is 1. The molecular weight excluding hydrogens is 196 g/mol. The molecule has 0 atom stereocenters. The van der Waals surface area contributed by atoms with E-state index < -0.39 is 0 Å². The summed E-state index contributed by atoms with van der Waals surface area (Å²) in [6.07, 6.45) is 1.79. The van der Waals surface area contributed by atoms with Crippen molar-refractivity contribution in [2.75, 3.05) is 12.8 Å². The van der Waals surface area contributed by atoms with Crippen molar-refractivity contribution in [3.8, 4) is 5.75 Å². The van der Waals surface area contributed by atoms with E-state index in [0.29, 0.717) is 5.69 Å². The van der Waals surface area contributed by atoms with Crippen LogP contribution in [0.5, 0.6) is 5.75 Å². The molecule has 2 aromatic rings. The Hall–Kier alpha value is -1.55. The minimum Gasteiger partial charge on any atom is -0.497 e. The molecule has 0 fully saturated rings. The monoisotopic (exact) mass is 206 g/mol. The fourth-order valence-corrected chi connectivity index (χ4v) is 1.63. The molecule has 4 heteroatoms. The van der Waals surface area contributed by atoms with Gasteiger partial charge in [0.05, 0.1) is 18.3 Å². The van der Waals surface area contributed by atoms with E-state index in [4.69, 9.17) is 22.7 Å². The van der Waals surface area contributed by atoms with Crippen LogP contribution in [-0.4, -0.2) is 12.1 Å². The van der Waals surface area contributed by atoms with Crippen molar-refractivity contribution in [3.05, 3.63) is 28.9 Å². The van der Waals surface area contributed by atoms with Gasteiger partial charge in [-0.1, -0.05) is 12.2 Å². The van der Waals surface area contributed by atoms with Crippen molar-refractivity contribution in [2.45, 2.75) is 0 Å². The molecule has 1 aromatic heterocycles. The summed E-state index contributed by atoms with van der Waals surface area (Å²) in [5, 5.41) is 0.916. The molecule has 0 bridgehead atoms. The van der Waals surface area contributed by atoms with Gasteiger partial charge in [-0.2, -0.15) is 0 Å². The summed E-state index contributed by atoms with van der Waals surface area (Å²) >= 11 is 5.19. The lowest BCUT2D eigenvalue weighted by molar-refractivity contribution is 0.415. The smallest absolute Gasteiger partial charge is 0.121 e. The van der Waals surface area contributed by atoms with Gasteiger partial charge < -0.3 is 15.5 Å². The molecule has 0 saturated carbocycles. The summed E-state index contributed by atoms with van der Waals surface area (Å²) in [6, 6.07) is 5.48. The molecule has 72 valence electrons. The normalized spacial score (nSPS) is 10.4. The van der Waals surface area contributed by atoms with Crippen LogP contribution in [0.1, 0.15) is 0 Å². The molecule has 0 radical (unpaired) electrons. The van der Waals surface area contributed by atoms with Crippen LogP contribution in [0, 0.1) is 4.51 Å². The number of pyridine rings is 1. The number of benzene rings is 1. The van der Waals surface area contributed by atoms with Gasteiger partial charge >= 0.3 is 0 Å². The second kappa shape index (κ2) is 3.31. The van der Waals surface area contributed by atoms with Crippen molar-refractivity contribution >= 4 is 28.8 Å². The van der Waals surface area contributed by atoms with Gasteiger partial charge in [-0.05, 0) is 12.1 Å². The lowest BCUT2D eigenvalue weighted by Crippen LogP contribution is -1.92. The highest BCUT2D eigenvalue weighted by atomic mass is 32.1. The van der Waals surface area contributed by atoms with Gasteiger partial charge in [-0.15, -0.1) is 0 Å². The largest absolute Gasteiger partial charge is 0.497 e.